The van der Waals surface area contributed by atoms with Crippen molar-refractivity contribution in [2.45, 2.75) is 18.9 Å². The summed E-state index contributed by atoms with van der Waals surface area (Å²) in [6, 6.07) is 15.9. The Morgan fingerprint density at radius 2 is 2.04 bits per heavy atom. The standard InChI is InChI=1S/C18H15BrN2O2/c19-13-8-9-14-16(11-13)23-20-17(14)18(22)21-10-4-7-15(21)12-5-2-1-3-6-12/h1-3,5-6,8-9,11,15H,4,7,10H2/t15-/m0/s1. The Labute approximate surface area is 142 Å². The van der Waals surface area contributed by atoms with Crippen LogP contribution in [-0.4, -0.2) is 22.5 Å². The Morgan fingerprint density at radius 1 is 1.22 bits per heavy atom. The maximum Gasteiger partial charge on any atom is 0.277 e. The summed E-state index contributed by atoms with van der Waals surface area (Å²) < 4.78 is 6.23. The van der Waals surface area contributed by atoms with Crippen molar-refractivity contribution in [1.29, 1.82) is 0 Å². The Kier molecular flexibility index (Phi) is 3.65. The zero-order valence-electron chi connectivity index (χ0n) is 12.4. The highest BCUT2D eigenvalue weighted by atomic mass is 79.9. The van der Waals surface area contributed by atoms with E-state index in [1.54, 1.807) is 0 Å². The van der Waals surface area contributed by atoms with Crippen LogP contribution < -0.4 is 0 Å². The van der Waals surface area contributed by atoms with Gasteiger partial charge in [0.15, 0.2) is 11.3 Å². The molecule has 2 heterocycles. The fraction of sp³-hybridized carbons (Fsp3) is 0.222. The summed E-state index contributed by atoms with van der Waals surface area (Å²) in [4.78, 5) is 14.9. The fourth-order valence-electron chi connectivity index (χ4n) is 3.23. The quantitative estimate of drug-likeness (QED) is 0.663. The van der Waals surface area contributed by atoms with Crippen molar-refractivity contribution in [2.75, 3.05) is 6.54 Å². The number of carbonyl (C=O) groups excluding carboxylic acids is 1. The van der Waals surface area contributed by atoms with E-state index in [9.17, 15) is 4.79 Å². The minimum atomic E-state index is -0.0579. The third-order valence-corrected chi connectivity index (χ3v) is 4.83. The van der Waals surface area contributed by atoms with Gasteiger partial charge in [0.25, 0.3) is 5.91 Å². The number of fused-ring (bicyclic) bond motifs is 1. The van der Waals surface area contributed by atoms with Gasteiger partial charge in [-0.25, -0.2) is 0 Å². The van der Waals surface area contributed by atoms with E-state index in [2.05, 4.69) is 33.2 Å². The maximum atomic E-state index is 13.0. The zero-order chi connectivity index (χ0) is 15.8. The van der Waals surface area contributed by atoms with E-state index < -0.39 is 0 Å². The van der Waals surface area contributed by atoms with Crippen LogP contribution in [0.2, 0.25) is 0 Å². The molecule has 1 amide bonds. The second-order valence-electron chi connectivity index (χ2n) is 5.74. The summed E-state index contributed by atoms with van der Waals surface area (Å²) >= 11 is 3.40. The Balaban J connectivity index is 1.70. The van der Waals surface area contributed by atoms with Crippen molar-refractivity contribution >= 4 is 32.8 Å². The van der Waals surface area contributed by atoms with Crippen LogP contribution in [0.4, 0.5) is 0 Å². The molecule has 1 aliphatic heterocycles. The van der Waals surface area contributed by atoms with E-state index in [0.29, 0.717) is 11.3 Å². The highest BCUT2D eigenvalue weighted by Gasteiger charge is 2.32. The van der Waals surface area contributed by atoms with E-state index in [1.807, 2.05) is 41.3 Å². The molecule has 3 aromatic rings. The number of nitrogens with zero attached hydrogens (tertiary/aromatic N) is 2. The molecule has 2 aromatic carbocycles. The molecule has 4 rings (SSSR count). The molecule has 1 saturated heterocycles. The Bertz CT molecular complexity index is 860. The second kappa shape index (κ2) is 5.81. The monoisotopic (exact) mass is 370 g/mol. The Hall–Kier alpha value is -2.14. The molecule has 1 fully saturated rings. The molecule has 0 bridgehead atoms. The molecule has 1 atom stereocenters. The van der Waals surface area contributed by atoms with Crippen LogP contribution in [0.5, 0.6) is 0 Å². The third-order valence-electron chi connectivity index (χ3n) is 4.33. The third kappa shape index (κ3) is 2.55. The smallest absolute Gasteiger partial charge is 0.277 e. The first-order valence-corrected chi connectivity index (χ1v) is 8.44. The molecule has 0 N–H and O–H groups in total. The van der Waals surface area contributed by atoms with Crippen LogP contribution in [0.1, 0.15) is 34.9 Å². The van der Waals surface area contributed by atoms with Crippen molar-refractivity contribution in [3.05, 3.63) is 64.3 Å². The number of rotatable bonds is 2. The van der Waals surface area contributed by atoms with Gasteiger partial charge in [0.1, 0.15) is 0 Å². The van der Waals surface area contributed by atoms with Crippen molar-refractivity contribution < 1.29 is 9.32 Å². The largest absolute Gasteiger partial charge is 0.355 e. The first kappa shape index (κ1) is 14.5. The van der Waals surface area contributed by atoms with Crippen LogP contribution in [-0.2, 0) is 0 Å². The summed E-state index contributed by atoms with van der Waals surface area (Å²) in [7, 11) is 0. The highest BCUT2D eigenvalue weighted by molar-refractivity contribution is 9.10. The Morgan fingerprint density at radius 3 is 2.87 bits per heavy atom. The number of likely N-dealkylation sites (tertiary alicyclic amines) is 1. The second-order valence-corrected chi connectivity index (χ2v) is 6.65. The fourth-order valence-corrected chi connectivity index (χ4v) is 3.57. The molecule has 1 aromatic heterocycles. The SMILES string of the molecule is O=C(c1noc2cc(Br)ccc12)N1CCC[C@H]1c1ccccc1. The molecule has 0 unspecified atom stereocenters. The van der Waals surface area contributed by atoms with Gasteiger partial charge < -0.3 is 9.42 Å². The summed E-state index contributed by atoms with van der Waals surface area (Å²) in [5.74, 6) is -0.0579. The minimum Gasteiger partial charge on any atom is -0.355 e. The van der Waals surface area contributed by atoms with Gasteiger partial charge in [-0.05, 0) is 36.6 Å². The van der Waals surface area contributed by atoms with Crippen molar-refractivity contribution in [3.63, 3.8) is 0 Å². The molecular formula is C18H15BrN2O2. The molecule has 0 spiro atoms. The van der Waals surface area contributed by atoms with Crippen LogP contribution in [0.15, 0.2) is 57.5 Å². The molecule has 0 radical (unpaired) electrons. The lowest BCUT2D eigenvalue weighted by Gasteiger charge is -2.24. The van der Waals surface area contributed by atoms with Crippen LogP contribution >= 0.6 is 15.9 Å². The summed E-state index contributed by atoms with van der Waals surface area (Å²) in [6.45, 7) is 0.753. The molecule has 5 heteroatoms. The lowest BCUT2D eigenvalue weighted by molar-refractivity contribution is 0.0727. The highest BCUT2D eigenvalue weighted by Crippen LogP contribution is 2.34. The van der Waals surface area contributed by atoms with Gasteiger partial charge in [-0.3, -0.25) is 4.79 Å². The van der Waals surface area contributed by atoms with Crippen LogP contribution in [0.3, 0.4) is 0 Å². The lowest BCUT2D eigenvalue weighted by atomic mass is 10.0. The number of benzene rings is 2. The van der Waals surface area contributed by atoms with Crippen LogP contribution in [0.25, 0.3) is 11.0 Å². The summed E-state index contributed by atoms with van der Waals surface area (Å²) in [6.07, 6.45) is 1.99. The van der Waals surface area contributed by atoms with Gasteiger partial charge in [0.05, 0.1) is 11.4 Å². The van der Waals surface area contributed by atoms with E-state index in [0.717, 1.165) is 29.2 Å². The molecule has 0 saturated carbocycles. The van der Waals surface area contributed by atoms with Gasteiger partial charge in [-0.2, -0.15) is 0 Å². The van der Waals surface area contributed by atoms with E-state index in [4.69, 9.17) is 4.52 Å². The average Bonchev–Trinajstić information content (AvgIpc) is 3.21. The van der Waals surface area contributed by atoms with E-state index in [1.165, 1.54) is 5.56 Å². The number of amides is 1. The summed E-state index contributed by atoms with van der Waals surface area (Å²) in [5.41, 5.74) is 2.20. The molecule has 116 valence electrons. The molecular weight excluding hydrogens is 356 g/mol. The molecule has 4 nitrogen and oxygen atoms in total. The normalized spacial score (nSPS) is 17.8. The van der Waals surface area contributed by atoms with Gasteiger partial charge in [-0.1, -0.05) is 51.4 Å². The van der Waals surface area contributed by atoms with E-state index >= 15 is 0 Å². The molecule has 1 aliphatic rings. The van der Waals surface area contributed by atoms with Crippen molar-refractivity contribution in [3.8, 4) is 0 Å². The predicted molar refractivity (Wildman–Crippen MR) is 91.2 cm³/mol. The lowest BCUT2D eigenvalue weighted by Crippen LogP contribution is -2.30. The zero-order valence-corrected chi connectivity index (χ0v) is 14.0. The van der Waals surface area contributed by atoms with Gasteiger partial charge >= 0.3 is 0 Å². The number of hydrogen-bond donors (Lipinski definition) is 0. The maximum absolute atomic E-state index is 13.0. The van der Waals surface area contributed by atoms with Gasteiger partial charge in [0.2, 0.25) is 0 Å². The van der Waals surface area contributed by atoms with Crippen molar-refractivity contribution in [2.24, 2.45) is 0 Å². The molecule has 0 aliphatic carbocycles. The van der Waals surface area contributed by atoms with Gasteiger partial charge in [-0.15, -0.1) is 0 Å². The predicted octanol–water partition coefficient (Wildman–Crippen LogP) is 4.57. The van der Waals surface area contributed by atoms with E-state index in [-0.39, 0.29) is 11.9 Å². The van der Waals surface area contributed by atoms with Crippen LogP contribution in [0, 0.1) is 0 Å². The average molecular weight is 371 g/mol. The van der Waals surface area contributed by atoms with Crippen molar-refractivity contribution in [1.82, 2.24) is 10.1 Å². The first-order valence-electron chi connectivity index (χ1n) is 7.65. The number of hydrogen-bond acceptors (Lipinski definition) is 3. The minimum absolute atomic E-state index is 0.0579. The number of aromatic nitrogens is 1. The number of halogens is 1. The molecule has 23 heavy (non-hydrogen) atoms. The topological polar surface area (TPSA) is 46.3 Å². The summed E-state index contributed by atoms with van der Waals surface area (Å²) in [5, 5.41) is 4.78. The van der Waals surface area contributed by atoms with Gasteiger partial charge in [0, 0.05) is 11.0 Å². The number of carbonyl (C=O) groups is 1. The first-order chi connectivity index (χ1) is 11.2.